The molecule has 7 nitrogen and oxygen atoms in total. The molecule has 0 unspecified atom stereocenters. The molecule has 25 heavy (non-hydrogen) atoms. The van der Waals surface area contributed by atoms with Crippen LogP contribution in [0, 0.1) is 0 Å². The normalized spacial score (nSPS) is 20.2. The number of hydrogen-bond acceptors (Lipinski definition) is 5. The molecule has 2 fully saturated rings. The van der Waals surface area contributed by atoms with Crippen molar-refractivity contribution in [2.45, 2.75) is 24.7 Å². The second-order valence-electron chi connectivity index (χ2n) is 6.32. The molecule has 0 radical (unpaired) electrons. The van der Waals surface area contributed by atoms with Gasteiger partial charge in [-0.1, -0.05) is 6.92 Å². The Morgan fingerprint density at radius 2 is 1.84 bits per heavy atom. The molecule has 0 bridgehead atoms. The molecule has 138 valence electrons. The number of carbonyl (C=O) groups is 1. The summed E-state index contributed by atoms with van der Waals surface area (Å²) in [5.74, 6) is 0.346. The predicted octanol–water partition coefficient (Wildman–Crippen LogP) is 1.15. The zero-order valence-electron chi connectivity index (χ0n) is 14.8. The van der Waals surface area contributed by atoms with E-state index in [-0.39, 0.29) is 10.8 Å². The second kappa shape index (κ2) is 7.31. The molecule has 0 saturated carbocycles. The number of likely N-dealkylation sites (N-methyl/N-ethyl adjacent to an activating group) is 1. The smallest absolute Gasteiger partial charge is 0.246 e. The lowest BCUT2D eigenvalue weighted by Gasteiger charge is -2.33. The van der Waals surface area contributed by atoms with Crippen molar-refractivity contribution in [2.75, 3.05) is 51.3 Å². The number of hydrogen-bond donors (Lipinski definition) is 0. The minimum absolute atomic E-state index is 0.0325. The Hall–Kier alpha value is -1.64. The Kier molecular flexibility index (Phi) is 5.31. The number of ether oxygens (including phenoxy) is 1. The van der Waals surface area contributed by atoms with Crippen LogP contribution >= 0.6 is 0 Å². The minimum Gasteiger partial charge on any atom is -0.495 e. The maximum atomic E-state index is 13.1. The molecule has 2 heterocycles. The first kappa shape index (κ1) is 18.2. The van der Waals surface area contributed by atoms with E-state index >= 15 is 0 Å². The van der Waals surface area contributed by atoms with Crippen LogP contribution < -0.4 is 9.64 Å². The highest BCUT2D eigenvalue weighted by molar-refractivity contribution is 7.89. The average molecular weight is 367 g/mol. The molecule has 0 aliphatic carbocycles. The van der Waals surface area contributed by atoms with E-state index in [1.807, 2.05) is 0 Å². The molecule has 3 rings (SSSR count). The molecule has 1 amide bonds. The van der Waals surface area contributed by atoms with E-state index in [2.05, 4.69) is 11.8 Å². The van der Waals surface area contributed by atoms with Crippen molar-refractivity contribution in [2.24, 2.45) is 0 Å². The summed E-state index contributed by atoms with van der Waals surface area (Å²) in [5, 5.41) is 0. The zero-order valence-corrected chi connectivity index (χ0v) is 15.6. The van der Waals surface area contributed by atoms with Crippen LogP contribution in [0.1, 0.15) is 19.8 Å². The van der Waals surface area contributed by atoms with Crippen molar-refractivity contribution in [1.82, 2.24) is 9.21 Å². The van der Waals surface area contributed by atoms with Gasteiger partial charge in [-0.25, -0.2) is 8.42 Å². The Morgan fingerprint density at radius 1 is 1.12 bits per heavy atom. The first-order valence-electron chi connectivity index (χ1n) is 8.68. The topological polar surface area (TPSA) is 70.2 Å². The Morgan fingerprint density at radius 3 is 2.40 bits per heavy atom. The van der Waals surface area contributed by atoms with Crippen molar-refractivity contribution in [3.8, 4) is 5.75 Å². The predicted molar refractivity (Wildman–Crippen MR) is 95.5 cm³/mol. The van der Waals surface area contributed by atoms with E-state index in [9.17, 15) is 13.2 Å². The fourth-order valence-corrected chi connectivity index (χ4v) is 4.98. The van der Waals surface area contributed by atoms with Gasteiger partial charge in [0, 0.05) is 44.8 Å². The van der Waals surface area contributed by atoms with E-state index in [0.717, 1.165) is 26.1 Å². The number of rotatable bonds is 5. The second-order valence-corrected chi connectivity index (χ2v) is 8.23. The van der Waals surface area contributed by atoms with Gasteiger partial charge in [-0.2, -0.15) is 4.31 Å². The van der Waals surface area contributed by atoms with Crippen molar-refractivity contribution >= 4 is 21.6 Å². The zero-order chi connectivity index (χ0) is 18.0. The van der Waals surface area contributed by atoms with Crippen LogP contribution in [0.4, 0.5) is 5.69 Å². The van der Waals surface area contributed by atoms with Gasteiger partial charge in [0.1, 0.15) is 10.6 Å². The van der Waals surface area contributed by atoms with Gasteiger partial charge in [-0.15, -0.1) is 0 Å². The number of benzene rings is 1. The SMILES string of the molecule is CCN1CCN(S(=O)(=O)c2cc(N3CCCC3=O)ccc2OC)CC1. The molecule has 2 aliphatic heterocycles. The van der Waals surface area contributed by atoms with Crippen LogP contribution in [0.3, 0.4) is 0 Å². The molecule has 0 atom stereocenters. The fraction of sp³-hybridized carbons (Fsp3) is 0.588. The summed E-state index contributed by atoms with van der Waals surface area (Å²) in [6.07, 6.45) is 1.30. The third kappa shape index (κ3) is 3.51. The number of sulfonamides is 1. The lowest BCUT2D eigenvalue weighted by molar-refractivity contribution is -0.117. The average Bonchev–Trinajstić information content (AvgIpc) is 3.07. The number of piperazine rings is 1. The van der Waals surface area contributed by atoms with Crippen LogP contribution in [0.2, 0.25) is 0 Å². The number of carbonyl (C=O) groups excluding carboxylic acids is 1. The Bertz CT molecular complexity index is 742. The van der Waals surface area contributed by atoms with Gasteiger partial charge in [-0.3, -0.25) is 4.79 Å². The molecule has 0 spiro atoms. The van der Waals surface area contributed by atoms with Gasteiger partial charge in [0.15, 0.2) is 0 Å². The maximum absolute atomic E-state index is 13.1. The monoisotopic (exact) mass is 367 g/mol. The lowest BCUT2D eigenvalue weighted by Crippen LogP contribution is -2.48. The lowest BCUT2D eigenvalue weighted by atomic mass is 10.3. The maximum Gasteiger partial charge on any atom is 0.246 e. The summed E-state index contributed by atoms with van der Waals surface area (Å²) in [7, 11) is -2.20. The quantitative estimate of drug-likeness (QED) is 0.781. The number of anilines is 1. The van der Waals surface area contributed by atoms with Crippen molar-refractivity contribution in [1.29, 1.82) is 0 Å². The molecular weight excluding hydrogens is 342 g/mol. The largest absolute Gasteiger partial charge is 0.495 e. The summed E-state index contributed by atoms with van der Waals surface area (Å²) in [6.45, 7) is 6.00. The van der Waals surface area contributed by atoms with E-state index < -0.39 is 10.0 Å². The Balaban J connectivity index is 1.92. The number of nitrogens with zero attached hydrogens (tertiary/aromatic N) is 3. The molecule has 1 aromatic carbocycles. The summed E-state index contributed by atoms with van der Waals surface area (Å²) < 4.78 is 33.1. The molecule has 1 aromatic rings. The third-order valence-corrected chi connectivity index (χ3v) is 6.85. The summed E-state index contributed by atoms with van der Waals surface area (Å²) in [5.41, 5.74) is 0.620. The molecule has 8 heteroatoms. The van der Waals surface area contributed by atoms with Crippen LogP contribution in [0.25, 0.3) is 0 Å². The highest BCUT2D eigenvalue weighted by Gasteiger charge is 2.32. The first-order valence-corrected chi connectivity index (χ1v) is 10.1. The van der Waals surface area contributed by atoms with Crippen LogP contribution in [0.15, 0.2) is 23.1 Å². The molecule has 0 N–H and O–H groups in total. The van der Waals surface area contributed by atoms with Gasteiger partial charge in [-0.05, 0) is 31.2 Å². The van der Waals surface area contributed by atoms with Gasteiger partial charge < -0.3 is 14.5 Å². The van der Waals surface area contributed by atoms with Crippen LogP contribution in [-0.4, -0.2) is 69.9 Å². The summed E-state index contributed by atoms with van der Waals surface area (Å²) in [6, 6.07) is 4.95. The number of methoxy groups -OCH3 is 1. The molecule has 2 aliphatic rings. The van der Waals surface area contributed by atoms with E-state index in [4.69, 9.17) is 4.74 Å². The minimum atomic E-state index is -3.66. The van der Waals surface area contributed by atoms with Crippen LogP contribution in [0.5, 0.6) is 5.75 Å². The van der Waals surface area contributed by atoms with Crippen molar-refractivity contribution in [3.05, 3.63) is 18.2 Å². The first-order chi connectivity index (χ1) is 12.0. The van der Waals surface area contributed by atoms with Gasteiger partial charge in [0.25, 0.3) is 0 Å². The van der Waals surface area contributed by atoms with Crippen molar-refractivity contribution in [3.63, 3.8) is 0 Å². The molecular formula is C17H25N3O4S. The summed E-state index contributed by atoms with van der Waals surface area (Å²) in [4.78, 5) is 16.0. The third-order valence-electron chi connectivity index (χ3n) is 4.93. The van der Waals surface area contributed by atoms with Crippen LogP contribution in [-0.2, 0) is 14.8 Å². The molecule has 0 aromatic heterocycles. The standard InChI is InChI=1S/C17H25N3O4S/c1-3-18-9-11-19(12-10-18)25(22,23)16-13-14(6-7-15(16)24-2)20-8-4-5-17(20)21/h6-7,13H,3-5,8-12H2,1-2H3. The van der Waals surface area contributed by atoms with E-state index in [1.54, 1.807) is 23.1 Å². The summed E-state index contributed by atoms with van der Waals surface area (Å²) >= 11 is 0. The van der Waals surface area contributed by atoms with Gasteiger partial charge >= 0.3 is 0 Å². The fourth-order valence-electron chi connectivity index (χ4n) is 3.38. The molecule has 2 saturated heterocycles. The van der Waals surface area contributed by atoms with Crippen molar-refractivity contribution < 1.29 is 17.9 Å². The van der Waals surface area contributed by atoms with Gasteiger partial charge in [0.2, 0.25) is 15.9 Å². The van der Waals surface area contributed by atoms with E-state index in [1.165, 1.54) is 11.4 Å². The van der Waals surface area contributed by atoms with Gasteiger partial charge in [0.05, 0.1) is 7.11 Å². The highest BCUT2D eigenvalue weighted by atomic mass is 32.2. The number of amides is 1. The Labute approximate surface area is 149 Å². The van der Waals surface area contributed by atoms with E-state index in [0.29, 0.717) is 37.5 Å². The highest BCUT2D eigenvalue weighted by Crippen LogP contribution is 2.33.